The van der Waals surface area contributed by atoms with Crippen molar-refractivity contribution in [1.29, 1.82) is 0 Å². The van der Waals surface area contributed by atoms with E-state index in [9.17, 15) is 5.11 Å². The maximum absolute atomic E-state index is 10.7. The molecule has 1 fully saturated rings. The lowest BCUT2D eigenvalue weighted by Gasteiger charge is -2.36. The molecular weight excluding hydrogens is 236 g/mol. The summed E-state index contributed by atoms with van der Waals surface area (Å²) in [5.41, 5.74) is 1.72. The first kappa shape index (κ1) is 14.5. The van der Waals surface area contributed by atoms with Crippen molar-refractivity contribution >= 4 is 0 Å². The Morgan fingerprint density at radius 1 is 1.32 bits per heavy atom. The SMILES string of the molecule is CCNC1CCC(O)(Cc2ccc(CC)cn2)CC1. The monoisotopic (exact) mass is 262 g/mol. The summed E-state index contributed by atoms with van der Waals surface area (Å²) in [5, 5.41) is 14.1. The number of hydrogen-bond donors (Lipinski definition) is 2. The van der Waals surface area contributed by atoms with Crippen LogP contribution in [0.3, 0.4) is 0 Å². The van der Waals surface area contributed by atoms with Crippen LogP contribution in [0.1, 0.15) is 50.8 Å². The van der Waals surface area contributed by atoms with Gasteiger partial charge in [0.15, 0.2) is 0 Å². The first-order chi connectivity index (χ1) is 9.15. The normalized spacial score (nSPS) is 27.4. The van der Waals surface area contributed by atoms with Crippen LogP contribution >= 0.6 is 0 Å². The lowest BCUT2D eigenvalue weighted by atomic mass is 9.79. The van der Waals surface area contributed by atoms with Gasteiger partial charge in [-0.2, -0.15) is 0 Å². The molecule has 0 bridgehead atoms. The van der Waals surface area contributed by atoms with Crippen LogP contribution in [0.15, 0.2) is 18.3 Å². The summed E-state index contributed by atoms with van der Waals surface area (Å²) in [7, 11) is 0. The predicted molar refractivity (Wildman–Crippen MR) is 78.2 cm³/mol. The van der Waals surface area contributed by atoms with Gasteiger partial charge in [-0.15, -0.1) is 0 Å². The van der Waals surface area contributed by atoms with Gasteiger partial charge in [-0.1, -0.05) is 19.9 Å². The summed E-state index contributed by atoms with van der Waals surface area (Å²) in [6.07, 6.45) is 7.53. The van der Waals surface area contributed by atoms with Crippen LogP contribution in [0, 0.1) is 0 Å². The van der Waals surface area contributed by atoms with Gasteiger partial charge in [0.25, 0.3) is 0 Å². The van der Waals surface area contributed by atoms with E-state index in [1.54, 1.807) is 0 Å². The number of nitrogens with zero attached hydrogens (tertiary/aromatic N) is 1. The molecule has 0 amide bonds. The molecule has 2 N–H and O–H groups in total. The summed E-state index contributed by atoms with van der Waals surface area (Å²) >= 11 is 0. The van der Waals surface area contributed by atoms with Gasteiger partial charge in [0.1, 0.15) is 0 Å². The maximum Gasteiger partial charge on any atom is 0.0704 e. The van der Waals surface area contributed by atoms with Gasteiger partial charge in [-0.05, 0) is 50.3 Å². The highest BCUT2D eigenvalue weighted by molar-refractivity contribution is 5.15. The average Bonchev–Trinajstić information content (AvgIpc) is 2.43. The Labute approximate surface area is 116 Å². The molecule has 1 aliphatic rings. The van der Waals surface area contributed by atoms with Crippen molar-refractivity contribution < 1.29 is 5.11 Å². The Bertz CT molecular complexity index is 380. The van der Waals surface area contributed by atoms with Crippen LogP contribution in [-0.4, -0.2) is 28.3 Å². The molecule has 0 radical (unpaired) electrons. The van der Waals surface area contributed by atoms with Gasteiger partial charge in [-0.3, -0.25) is 4.98 Å². The standard InChI is InChI=1S/C16H26N2O/c1-3-13-5-6-15(18-12-13)11-16(19)9-7-14(8-10-16)17-4-2/h5-6,12,14,17,19H,3-4,7-11H2,1-2H3. The number of aryl methyl sites for hydroxylation is 1. The smallest absolute Gasteiger partial charge is 0.0704 e. The Balaban J connectivity index is 1.91. The molecule has 1 heterocycles. The summed E-state index contributed by atoms with van der Waals surface area (Å²) < 4.78 is 0. The van der Waals surface area contributed by atoms with Gasteiger partial charge < -0.3 is 10.4 Å². The zero-order valence-corrected chi connectivity index (χ0v) is 12.2. The fourth-order valence-electron chi connectivity index (χ4n) is 2.93. The molecule has 0 spiro atoms. The van der Waals surface area contributed by atoms with E-state index in [1.807, 2.05) is 6.20 Å². The third-order valence-corrected chi connectivity index (χ3v) is 4.21. The summed E-state index contributed by atoms with van der Waals surface area (Å²) in [4.78, 5) is 4.47. The minimum Gasteiger partial charge on any atom is -0.389 e. The molecule has 19 heavy (non-hydrogen) atoms. The Hall–Kier alpha value is -0.930. The Morgan fingerprint density at radius 3 is 2.58 bits per heavy atom. The first-order valence-electron chi connectivity index (χ1n) is 7.55. The van der Waals surface area contributed by atoms with E-state index >= 15 is 0 Å². The minimum absolute atomic E-state index is 0.549. The molecule has 2 rings (SSSR count). The van der Waals surface area contributed by atoms with Gasteiger partial charge in [0, 0.05) is 24.4 Å². The molecule has 0 aromatic carbocycles. The number of hydrogen-bond acceptors (Lipinski definition) is 3. The molecule has 3 heteroatoms. The van der Waals surface area contributed by atoms with Crippen LogP contribution in [0.5, 0.6) is 0 Å². The average molecular weight is 262 g/mol. The van der Waals surface area contributed by atoms with Crippen LogP contribution in [0.4, 0.5) is 0 Å². The van der Waals surface area contributed by atoms with Crippen molar-refractivity contribution in [2.24, 2.45) is 0 Å². The molecule has 1 aromatic heterocycles. The number of nitrogens with one attached hydrogen (secondary N) is 1. The number of rotatable bonds is 5. The van der Waals surface area contributed by atoms with E-state index in [0.29, 0.717) is 12.5 Å². The molecule has 0 atom stereocenters. The highest BCUT2D eigenvalue weighted by atomic mass is 16.3. The van der Waals surface area contributed by atoms with E-state index in [1.165, 1.54) is 5.56 Å². The van der Waals surface area contributed by atoms with Crippen molar-refractivity contribution in [3.05, 3.63) is 29.6 Å². The molecule has 3 nitrogen and oxygen atoms in total. The fraction of sp³-hybridized carbons (Fsp3) is 0.688. The van der Waals surface area contributed by atoms with Crippen molar-refractivity contribution in [2.75, 3.05) is 6.54 Å². The lowest BCUT2D eigenvalue weighted by molar-refractivity contribution is -0.00373. The van der Waals surface area contributed by atoms with E-state index in [2.05, 4.69) is 36.3 Å². The lowest BCUT2D eigenvalue weighted by Crippen LogP contribution is -2.42. The third-order valence-electron chi connectivity index (χ3n) is 4.21. The molecule has 1 aliphatic carbocycles. The van der Waals surface area contributed by atoms with Crippen molar-refractivity contribution in [3.8, 4) is 0 Å². The molecule has 0 saturated heterocycles. The zero-order valence-electron chi connectivity index (χ0n) is 12.2. The van der Waals surface area contributed by atoms with Crippen LogP contribution in [-0.2, 0) is 12.8 Å². The Kier molecular flexibility index (Phi) is 4.94. The second-order valence-electron chi connectivity index (χ2n) is 5.74. The molecule has 106 valence electrons. The largest absolute Gasteiger partial charge is 0.389 e. The number of pyridine rings is 1. The number of aromatic nitrogens is 1. The molecule has 0 aliphatic heterocycles. The predicted octanol–water partition coefficient (Wildman–Crippen LogP) is 2.47. The summed E-state index contributed by atoms with van der Waals surface area (Å²) in [5.74, 6) is 0. The van der Waals surface area contributed by atoms with Gasteiger partial charge in [0.05, 0.1) is 5.60 Å². The van der Waals surface area contributed by atoms with E-state index in [4.69, 9.17) is 0 Å². The zero-order chi connectivity index (χ0) is 13.7. The van der Waals surface area contributed by atoms with Gasteiger partial charge in [-0.25, -0.2) is 0 Å². The van der Waals surface area contributed by atoms with Gasteiger partial charge in [0.2, 0.25) is 0 Å². The first-order valence-corrected chi connectivity index (χ1v) is 7.55. The third kappa shape index (κ3) is 4.02. The quantitative estimate of drug-likeness (QED) is 0.857. The Morgan fingerprint density at radius 2 is 2.05 bits per heavy atom. The second kappa shape index (κ2) is 6.49. The summed E-state index contributed by atoms with van der Waals surface area (Å²) in [6, 6.07) is 4.77. The van der Waals surface area contributed by atoms with Crippen LogP contribution in [0.2, 0.25) is 0 Å². The van der Waals surface area contributed by atoms with E-state index in [-0.39, 0.29) is 0 Å². The highest BCUT2D eigenvalue weighted by Crippen LogP contribution is 2.31. The summed E-state index contributed by atoms with van der Waals surface area (Å²) in [6.45, 7) is 5.29. The fourth-order valence-corrected chi connectivity index (χ4v) is 2.93. The molecule has 0 unspecified atom stereocenters. The van der Waals surface area contributed by atoms with Crippen LogP contribution < -0.4 is 5.32 Å². The molecular formula is C16H26N2O. The van der Waals surface area contributed by atoms with Crippen molar-refractivity contribution in [1.82, 2.24) is 10.3 Å². The highest BCUT2D eigenvalue weighted by Gasteiger charge is 2.33. The van der Waals surface area contributed by atoms with E-state index in [0.717, 1.165) is 44.3 Å². The number of aliphatic hydroxyl groups is 1. The van der Waals surface area contributed by atoms with Crippen molar-refractivity contribution in [2.45, 2.75) is 64.0 Å². The second-order valence-corrected chi connectivity index (χ2v) is 5.74. The maximum atomic E-state index is 10.7. The van der Waals surface area contributed by atoms with Gasteiger partial charge >= 0.3 is 0 Å². The molecule has 1 saturated carbocycles. The van der Waals surface area contributed by atoms with Crippen LogP contribution in [0.25, 0.3) is 0 Å². The van der Waals surface area contributed by atoms with E-state index < -0.39 is 5.60 Å². The minimum atomic E-state index is -0.549. The van der Waals surface area contributed by atoms with Crippen molar-refractivity contribution in [3.63, 3.8) is 0 Å². The molecule has 1 aromatic rings. The topological polar surface area (TPSA) is 45.1 Å².